The van der Waals surface area contributed by atoms with Crippen LogP contribution in [0, 0.1) is 5.92 Å². The molecule has 0 aliphatic carbocycles. The second-order valence-corrected chi connectivity index (χ2v) is 6.85. The lowest BCUT2D eigenvalue weighted by Crippen LogP contribution is -2.50. The maximum Gasteiger partial charge on any atom is 0.307 e. The molecule has 0 amide bonds. The van der Waals surface area contributed by atoms with Crippen molar-refractivity contribution in [2.24, 2.45) is 5.92 Å². The van der Waals surface area contributed by atoms with Crippen LogP contribution in [-0.2, 0) is 14.8 Å². The summed E-state index contributed by atoms with van der Waals surface area (Å²) < 4.78 is 26.8. The smallest absolute Gasteiger partial charge is 0.307 e. The van der Waals surface area contributed by atoms with Gasteiger partial charge in [-0.2, -0.15) is 0 Å². The van der Waals surface area contributed by atoms with Crippen molar-refractivity contribution in [3.63, 3.8) is 0 Å². The average molecular weight is 319 g/mol. The summed E-state index contributed by atoms with van der Waals surface area (Å²) in [6.07, 6.45) is 0.273. The molecule has 1 aliphatic heterocycles. The summed E-state index contributed by atoms with van der Waals surface area (Å²) in [7, 11) is -3.67. The van der Waals surface area contributed by atoms with E-state index in [1.807, 2.05) is 0 Å². The van der Waals surface area contributed by atoms with E-state index in [0.717, 1.165) is 0 Å². The van der Waals surface area contributed by atoms with Gasteiger partial charge in [0, 0.05) is 24.2 Å². The number of carbonyl (C=O) groups is 1. The van der Waals surface area contributed by atoms with Crippen molar-refractivity contribution < 1.29 is 18.3 Å². The Hall–Kier alpha value is -1.15. The molecule has 3 N–H and O–H groups in total. The van der Waals surface area contributed by atoms with Crippen molar-refractivity contribution in [3.05, 3.63) is 29.3 Å². The highest BCUT2D eigenvalue weighted by molar-refractivity contribution is 7.89. The highest BCUT2D eigenvalue weighted by Gasteiger charge is 2.29. The molecule has 1 aromatic carbocycles. The molecule has 2 atom stereocenters. The molecular weight excluding hydrogens is 304 g/mol. The van der Waals surface area contributed by atoms with Crippen LogP contribution in [-0.4, -0.2) is 38.6 Å². The Morgan fingerprint density at radius 2 is 1.95 bits per heavy atom. The van der Waals surface area contributed by atoms with Gasteiger partial charge in [0.1, 0.15) is 0 Å². The van der Waals surface area contributed by atoms with E-state index in [1.54, 1.807) is 0 Å². The molecule has 2 rings (SSSR count). The number of halogens is 1. The van der Waals surface area contributed by atoms with Gasteiger partial charge in [0.15, 0.2) is 0 Å². The Labute approximate surface area is 122 Å². The van der Waals surface area contributed by atoms with Crippen LogP contribution in [0.5, 0.6) is 0 Å². The summed E-state index contributed by atoms with van der Waals surface area (Å²) in [6.45, 7) is 0.769. The first kappa shape index (κ1) is 15.2. The molecule has 1 aliphatic rings. The maximum atomic E-state index is 12.2. The molecule has 1 aromatic rings. The molecule has 0 saturated carbocycles. The number of carboxylic acid groups (broad SMARTS) is 1. The van der Waals surface area contributed by atoms with Crippen molar-refractivity contribution >= 4 is 27.6 Å². The first-order chi connectivity index (χ1) is 9.38. The summed E-state index contributed by atoms with van der Waals surface area (Å²) in [5, 5.41) is 12.3. The predicted molar refractivity (Wildman–Crippen MR) is 74.2 cm³/mol. The molecule has 110 valence electrons. The Morgan fingerprint density at radius 1 is 1.30 bits per heavy atom. The van der Waals surface area contributed by atoms with Gasteiger partial charge in [0.2, 0.25) is 10.0 Å². The van der Waals surface area contributed by atoms with E-state index in [4.69, 9.17) is 16.7 Å². The third kappa shape index (κ3) is 3.69. The van der Waals surface area contributed by atoms with Gasteiger partial charge in [-0.3, -0.25) is 4.79 Å². The van der Waals surface area contributed by atoms with Gasteiger partial charge >= 0.3 is 5.97 Å². The number of sulfonamides is 1. The Morgan fingerprint density at radius 3 is 2.55 bits per heavy atom. The zero-order chi connectivity index (χ0) is 14.8. The molecule has 1 fully saturated rings. The summed E-state index contributed by atoms with van der Waals surface area (Å²) in [6, 6.07) is 5.38. The maximum absolute atomic E-state index is 12.2. The Bertz CT molecular complexity index is 588. The third-order valence-corrected chi connectivity index (χ3v) is 4.93. The molecular formula is C12H15ClN2O4S. The van der Waals surface area contributed by atoms with Gasteiger partial charge in [-0.1, -0.05) is 11.6 Å². The van der Waals surface area contributed by atoms with Crippen LogP contribution in [0.15, 0.2) is 29.2 Å². The fraction of sp³-hybridized carbons (Fsp3) is 0.417. The number of benzene rings is 1. The van der Waals surface area contributed by atoms with E-state index in [2.05, 4.69) is 10.0 Å². The van der Waals surface area contributed by atoms with E-state index in [9.17, 15) is 13.2 Å². The van der Waals surface area contributed by atoms with Gasteiger partial charge in [-0.15, -0.1) is 0 Å². The van der Waals surface area contributed by atoms with Gasteiger partial charge < -0.3 is 10.4 Å². The predicted octanol–water partition coefficient (Wildman–Crippen LogP) is 0.681. The minimum absolute atomic E-state index is 0.111. The van der Waals surface area contributed by atoms with Crippen LogP contribution in [0.4, 0.5) is 0 Å². The number of nitrogens with one attached hydrogen (secondary N) is 2. The fourth-order valence-electron chi connectivity index (χ4n) is 2.12. The lowest BCUT2D eigenvalue weighted by Gasteiger charge is -2.28. The van der Waals surface area contributed by atoms with Crippen molar-refractivity contribution in [1.29, 1.82) is 0 Å². The molecule has 0 radical (unpaired) electrons. The zero-order valence-corrected chi connectivity index (χ0v) is 12.1. The normalized spacial score (nSPS) is 23.4. The molecule has 0 aromatic heterocycles. The molecule has 1 heterocycles. The van der Waals surface area contributed by atoms with Crippen LogP contribution in [0.2, 0.25) is 5.02 Å². The van der Waals surface area contributed by atoms with Crippen molar-refractivity contribution in [1.82, 2.24) is 10.0 Å². The lowest BCUT2D eigenvalue weighted by molar-refractivity contribution is -0.142. The average Bonchev–Trinajstić information content (AvgIpc) is 2.39. The van der Waals surface area contributed by atoms with E-state index in [0.29, 0.717) is 18.1 Å². The zero-order valence-electron chi connectivity index (χ0n) is 10.5. The van der Waals surface area contributed by atoms with E-state index < -0.39 is 28.0 Å². The SMILES string of the molecule is O=C(O)C1CNCC(NS(=O)(=O)c2ccc(Cl)cc2)C1. The largest absolute Gasteiger partial charge is 0.481 e. The van der Waals surface area contributed by atoms with Crippen LogP contribution in [0.25, 0.3) is 0 Å². The molecule has 0 bridgehead atoms. The Kier molecular flexibility index (Phi) is 4.64. The van der Waals surface area contributed by atoms with Gasteiger partial charge in [-0.25, -0.2) is 13.1 Å². The van der Waals surface area contributed by atoms with Crippen LogP contribution in [0.1, 0.15) is 6.42 Å². The van der Waals surface area contributed by atoms with E-state index >= 15 is 0 Å². The molecule has 6 nitrogen and oxygen atoms in total. The highest BCUT2D eigenvalue weighted by atomic mass is 35.5. The summed E-state index contributed by atoms with van der Waals surface area (Å²) in [4.78, 5) is 11.1. The minimum Gasteiger partial charge on any atom is -0.481 e. The van der Waals surface area contributed by atoms with Gasteiger partial charge in [-0.05, 0) is 30.7 Å². The van der Waals surface area contributed by atoms with Crippen molar-refractivity contribution in [2.75, 3.05) is 13.1 Å². The standard InChI is InChI=1S/C12H15ClN2O4S/c13-9-1-3-11(4-2-9)20(18,19)15-10-5-8(12(16)17)6-14-7-10/h1-4,8,10,14-15H,5-7H2,(H,16,17). The number of rotatable bonds is 4. The molecule has 8 heteroatoms. The third-order valence-electron chi connectivity index (χ3n) is 3.15. The second-order valence-electron chi connectivity index (χ2n) is 4.70. The number of hydrogen-bond acceptors (Lipinski definition) is 4. The summed E-state index contributed by atoms with van der Waals surface area (Å²) >= 11 is 5.72. The monoisotopic (exact) mass is 318 g/mol. The Balaban J connectivity index is 2.08. The number of hydrogen-bond donors (Lipinski definition) is 3. The molecule has 0 spiro atoms. The lowest BCUT2D eigenvalue weighted by atomic mass is 9.97. The second kappa shape index (κ2) is 6.09. The quantitative estimate of drug-likeness (QED) is 0.759. The fourth-order valence-corrected chi connectivity index (χ4v) is 3.50. The van der Waals surface area contributed by atoms with Crippen LogP contribution < -0.4 is 10.0 Å². The van der Waals surface area contributed by atoms with Crippen molar-refractivity contribution in [3.8, 4) is 0 Å². The molecule has 2 unspecified atom stereocenters. The molecule has 1 saturated heterocycles. The first-order valence-corrected chi connectivity index (χ1v) is 7.96. The van der Waals surface area contributed by atoms with Crippen LogP contribution >= 0.6 is 11.6 Å². The number of aliphatic carboxylic acids is 1. The first-order valence-electron chi connectivity index (χ1n) is 6.10. The number of piperidine rings is 1. The molecule has 20 heavy (non-hydrogen) atoms. The van der Waals surface area contributed by atoms with Crippen LogP contribution in [0.3, 0.4) is 0 Å². The highest BCUT2D eigenvalue weighted by Crippen LogP contribution is 2.17. The number of carboxylic acids is 1. The topological polar surface area (TPSA) is 95.5 Å². The van der Waals surface area contributed by atoms with Gasteiger partial charge in [0.25, 0.3) is 0 Å². The summed E-state index contributed by atoms with van der Waals surface area (Å²) in [5.41, 5.74) is 0. The summed E-state index contributed by atoms with van der Waals surface area (Å²) in [5.74, 6) is -1.51. The van der Waals surface area contributed by atoms with E-state index in [-0.39, 0.29) is 11.3 Å². The minimum atomic E-state index is -3.67. The van der Waals surface area contributed by atoms with Gasteiger partial charge in [0.05, 0.1) is 10.8 Å². The van der Waals surface area contributed by atoms with E-state index in [1.165, 1.54) is 24.3 Å². The van der Waals surface area contributed by atoms with Crippen molar-refractivity contribution in [2.45, 2.75) is 17.4 Å².